The second-order valence-electron chi connectivity index (χ2n) is 1.72. The molecule has 0 amide bonds. The molecule has 1 heterocycles. The Bertz CT molecular complexity index is 305. The Morgan fingerprint density at radius 3 is 2.82 bits per heavy atom. The van der Waals surface area contributed by atoms with Gasteiger partial charge in [-0.3, -0.25) is 0 Å². The lowest BCUT2D eigenvalue weighted by molar-refractivity contribution is -0.390. The molecular formula is C5H2BrClN2O2. The number of rotatable bonds is 1. The maximum absolute atomic E-state index is 10.2. The average molecular weight is 237 g/mol. The Morgan fingerprint density at radius 1 is 1.73 bits per heavy atom. The van der Waals surface area contributed by atoms with Crippen LogP contribution < -0.4 is 0 Å². The van der Waals surface area contributed by atoms with Crippen LogP contribution in [0, 0.1) is 10.1 Å². The van der Waals surface area contributed by atoms with Gasteiger partial charge in [-0.25, -0.2) is 0 Å². The summed E-state index contributed by atoms with van der Waals surface area (Å²) in [6, 6.07) is 1.42. The van der Waals surface area contributed by atoms with E-state index >= 15 is 0 Å². The van der Waals surface area contributed by atoms with Crippen LogP contribution in [0.1, 0.15) is 0 Å². The van der Waals surface area contributed by atoms with Gasteiger partial charge in [-0.15, -0.1) is 0 Å². The van der Waals surface area contributed by atoms with Gasteiger partial charge >= 0.3 is 5.82 Å². The second kappa shape index (κ2) is 3.15. The Balaban J connectivity index is 3.20. The van der Waals surface area contributed by atoms with E-state index in [1.54, 1.807) is 0 Å². The predicted octanol–water partition coefficient (Wildman–Crippen LogP) is 2.41. The van der Waals surface area contributed by atoms with Gasteiger partial charge in [0.2, 0.25) is 0 Å². The van der Waals surface area contributed by atoms with Crippen molar-refractivity contribution in [3.63, 3.8) is 0 Å². The molecule has 6 heteroatoms. The van der Waals surface area contributed by atoms with Gasteiger partial charge in [0, 0.05) is 0 Å². The highest BCUT2D eigenvalue weighted by Crippen LogP contribution is 2.24. The molecule has 0 aromatic carbocycles. The van der Waals surface area contributed by atoms with Gasteiger partial charge in [-0.05, 0) is 31.9 Å². The summed E-state index contributed by atoms with van der Waals surface area (Å²) >= 11 is 8.47. The first-order valence-electron chi connectivity index (χ1n) is 2.56. The zero-order valence-corrected chi connectivity index (χ0v) is 7.46. The predicted molar refractivity (Wildman–Crippen MR) is 43.6 cm³/mol. The molecule has 0 aliphatic heterocycles. The fourth-order valence-corrected chi connectivity index (χ4v) is 1.33. The minimum Gasteiger partial charge on any atom is -0.358 e. The number of aromatic nitrogens is 1. The third-order valence-electron chi connectivity index (χ3n) is 0.961. The summed E-state index contributed by atoms with van der Waals surface area (Å²) in [4.78, 5) is 13.1. The van der Waals surface area contributed by atoms with E-state index in [-0.39, 0.29) is 10.3 Å². The van der Waals surface area contributed by atoms with Crippen LogP contribution in [0.2, 0.25) is 5.02 Å². The number of halogens is 2. The summed E-state index contributed by atoms with van der Waals surface area (Å²) in [5.41, 5.74) is 0. The molecule has 0 aliphatic carbocycles. The first kappa shape index (κ1) is 8.42. The van der Waals surface area contributed by atoms with Gasteiger partial charge in [0.25, 0.3) is 0 Å². The third kappa shape index (κ3) is 1.87. The lowest BCUT2D eigenvalue weighted by Gasteiger charge is -1.93. The molecule has 11 heavy (non-hydrogen) atoms. The van der Waals surface area contributed by atoms with Crippen molar-refractivity contribution >= 4 is 33.3 Å². The number of nitro groups is 1. The van der Waals surface area contributed by atoms with Crippen LogP contribution in [-0.2, 0) is 0 Å². The maximum atomic E-state index is 10.2. The molecule has 0 spiro atoms. The lowest BCUT2D eigenvalue weighted by atomic mass is 10.5. The van der Waals surface area contributed by atoms with E-state index < -0.39 is 4.92 Å². The molecule has 0 saturated carbocycles. The Morgan fingerprint density at radius 2 is 2.36 bits per heavy atom. The molecule has 0 saturated heterocycles. The molecule has 1 aromatic rings. The largest absolute Gasteiger partial charge is 0.377 e. The molecule has 0 aliphatic rings. The van der Waals surface area contributed by atoms with Crippen molar-refractivity contribution < 1.29 is 4.92 Å². The number of nitrogens with zero attached hydrogens (tertiary/aromatic N) is 2. The van der Waals surface area contributed by atoms with E-state index in [2.05, 4.69) is 20.9 Å². The number of hydrogen-bond acceptors (Lipinski definition) is 3. The van der Waals surface area contributed by atoms with Gasteiger partial charge < -0.3 is 10.1 Å². The molecule has 0 atom stereocenters. The highest BCUT2D eigenvalue weighted by Gasteiger charge is 2.12. The van der Waals surface area contributed by atoms with Gasteiger partial charge in [0.15, 0.2) is 6.20 Å². The molecule has 0 N–H and O–H groups in total. The minimum absolute atomic E-state index is 0.227. The van der Waals surface area contributed by atoms with Crippen LogP contribution in [-0.4, -0.2) is 9.91 Å². The first-order valence-corrected chi connectivity index (χ1v) is 3.74. The summed E-state index contributed by atoms with van der Waals surface area (Å²) in [6.07, 6.45) is 1.23. The highest BCUT2D eigenvalue weighted by molar-refractivity contribution is 9.10. The van der Waals surface area contributed by atoms with Crippen molar-refractivity contribution in [1.82, 2.24) is 4.98 Å². The topological polar surface area (TPSA) is 56.0 Å². The van der Waals surface area contributed by atoms with Crippen LogP contribution in [0.5, 0.6) is 0 Å². The Labute approximate surface area is 75.5 Å². The van der Waals surface area contributed by atoms with E-state index in [0.717, 1.165) is 0 Å². The van der Waals surface area contributed by atoms with Crippen LogP contribution in [0.3, 0.4) is 0 Å². The molecule has 1 rings (SSSR count). The van der Waals surface area contributed by atoms with E-state index in [4.69, 9.17) is 11.6 Å². The third-order valence-corrected chi connectivity index (χ3v) is 1.75. The fraction of sp³-hybridized carbons (Fsp3) is 0. The van der Waals surface area contributed by atoms with Gasteiger partial charge in [0.05, 0.1) is 5.02 Å². The second-order valence-corrected chi connectivity index (χ2v) is 3.01. The van der Waals surface area contributed by atoms with Gasteiger partial charge in [0.1, 0.15) is 4.47 Å². The average Bonchev–Trinajstić information content (AvgIpc) is 1.85. The van der Waals surface area contributed by atoms with Gasteiger partial charge in [-0.1, -0.05) is 11.6 Å². The molecule has 0 radical (unpaired) electrons. The fourth-order valence-electron chi connectivity index (χ4n) is 0.542. The standard InChI is InChI=1S/C5H2BrClN2O2/c6-4-1-3(7)2-8-5(4)9(10)11/h1-2H. The first-order chi connectivity index (χ1) is 5.11. The normalized spacial score (nSPS) is 9.64. The smallest absolute Gasteiger partial charge is 0.358 e. The molecule has 0 bridgehead atoms. The quantitative estimate of drug-likeness (QED) is 0.557. The zero-order chi connectivity index (χ0) is 8.43. The van der Waals surface area contributed by atoms with Crippen LogP contribution in [0.15, 0.2) is 16.7 Å². The molecule has 58 valence electrons. The number of pyridine rings is 1. The van der Waals surface area contributed by atoms with Crippen molar-refractivity contribution in [2.75, 3.05) is 0 Å². The van der Waals surface area contributed by atoms with Crippen LogP contribution in [0.25, 0.3) is 0 Å². The summed E-state index contributed by atoms with van der Waals surface area (Å²) in [6.45, 7) is 0. The van der Waals surface area contributed by atoms with Crippen molar-refractivity contribution in [2.45, 2.75) is 0 Å². The summed E-state index contributed by atoms with van der Waals surface area (Å²) in [5.74, 6) is -0.227. The maximum Gasteiger partial charge on any atom is 0.377 e. The van der Waals surface area contributed by atoms with E-state index in [0.29, 0.717) is 5.02 Å². The highest BCUT2D eigenvalue weighted by atomic mass is 79.9. The van der Waals surface area contributed by atoms with Crippen molar-refractivity contribution in [1.29, 1.82) is 0 Å². The van der Waals surface area contributed by atoms with Crippen LogP contribution >= 0.6 is 27.5 Å². The van der Waals surface area contributed by atoms with E-state index in [1.165, 1.54) is 12.3 Å². The summed E-state index contributed by atoms with van der Waals surface area (Å²) < 4.78 is 0.287. The molecular weight excluding hydrogens is 235 g/mol. The Kier molecular flexibility index (Phi) is 2.41. The zero-order valence-electron chi connectivity index (χ0n) is 5.12. The van der Waals surface area contributed by atoms with Crippen molar-refractivity contribution in [3.8, 4) is 0 Å². The van der Waals surface area contributed by atoms with Crippen molar-refractivity contribution in [3.05, 3.63) is 31.9 Å². The van der Waals surface area contributed by atoms with Crippen LogP contribution in [0.4, 0.5) is 5.82 Å². The monoisotopic (exact) mass is 236 g/mol. The number of hydrogen-bond donors (Lipinski definition) is 0. The minimum atomic E-state index is -0.583. The summed E-state index contributed by atoms with van der Waals surface area (Å²) in [7, 11) is 0. The summed E-state index contributed by atoms with van der Waals surface area (Å²) in [5, 5.41) is 10.6. The molecule has 1 aromatic heterocycles. The lowest BCUT2D eigenvalue weighted by Crippen LogP contribution is -1.92. The van der Waals surface area contributed by atoms with E-state index in [1.807, 2.05) is 0 Å². The molecule has 0 unspecified atom stereocenters. The van der Waals surface area contributed by atoms with Crippen molar-refractivity contribution in [2.24, 2.45) is 0 Å². The van der Waals surface area contributed by atoms with Gasteiger partial charge in [-0.2, -0.15) is 0 Å². The Hall–Kier alpha value is -0.680. The molecule has 4 nitrogen and oxygen atoms in total. The van der Waals surface area contributed by atoms with E-state index in [9.17, 15) is 10.1 Å². The SMILES string of the molecule is O=[N+]([O-])c1ncc(Cl)cc1Br. The molecule has 0 fully saturated rings.